The van der Waals surface area contributed by atoms with Gasteiger partial charge >= 0.3 is 0 Å². The first-order chi connectivity index (χ1) is 12.6. The van der Waals surface area contributed by atoms with Crippen molar-refractivity contribution in [3.63, 3.8) is 0 Å². The first-order valence-corrected chi connectivity index (χ1v) is 9.16. The van der Waals surface area contributed by atoms with Gasteiger partial charge in [-0.1, -0.05) is 11.6 Å². The number of halogens is 1. The molecule has 0 unspecified atom stereocenters. The number of carbonyl (C=O) groups is 2. The van der Waals surface area contributed by atoms with Gasteiger partial charge in [-0.25, -0.2) is 0 Å². The van der Waals surface area contributed by atoms with Gasteiger partial charge in [0.2, 0.25) is 5.91 Å². The van der Waals surface area contributed by atoms with E-state index in [4.69, 9.17) is 16.3 Å². The van der Waals surface area contributed by atoms with Crippen molar-refractivity contribution in [1.29, 1.82) is 0 Å². The summed E-state index contributed by atoms with van der Waals surface area (Å²) < 4.78 is 5.23. The fourth-order valence-electron chi connectivity index (χ4n) is 3.30. The summed E-state index contributed by atoms with van der Waals surface area (Å²) in [7, 11) is 1.58. The minimum atomic E-state index is -0.147. The SMILES string of the molecule is COc1ccc2ncc(C(=O)N3CCN(C(=O)C4CC4)CC3)c(Cl)c2c1. The molecule has 1 aliphatic heterocycles. The van der Waals surface area contributed by atoms with E-state index in [2.05, 4.69) is 4.98 Å². The van der Waals surface area contributed by atoms with E-state index in [1.807, 2.05) is 17.0 Å². The molecule has 2 heterocycles. The van der Waals surface area contributed by atoms with Gasteiger partial charge in [0.15, 0.2) is 0 Å². The zero-order chi connectivity index (χ0) is 18.3. The Hall–Kier alpha value is -2.34. The molecule has 2 aliphatic rings. The molecule has 0 bridgehead atoms. The number of pyridine rings is 1. The lowest BCUT2D eigenvalue weighted by Gasteiger charge is -2.35. The molecule has 26 heavy (non-hydrogen) atoms. The number of nitrogens with zero attached hydrogens (tertiary/aromatic N) is 3. The molecule has 1 aliphatic carbocycles. The molecule has 1 saturated carbocycles. The summed E-state index contributed by atoms with van der Waals surface area (Å²) in [4.78, 5) is 33.0. The summed E-state index contributed by atoms with van der Waals surface area (Å²) in [6.45, 7) is 2.19. The molecule has 0 N–H and O–H groups in total. The highest BCUT2D eigenvalue weighted by molar-refractivity contribution is 6.38. The third-order valence-electron chi connectivity index (χ3n) is 5.04. The van der Waals surface area contributed by atoms with E-state index in [1.165, 1.54) is 6.20 Å². The average Bonchev–Trinajstić information content (AvgIpc) is 3.52. The van der Waals surface area contributed by atoms with Crippen LogP contribution in [-0.2, 0) is 4.79 Å². The third-order valence-corrected chi connectivity index (χ3v) is 5.45. The van der Waals surface area contributed by atoms with Crippen LogP contribution in [0.5, 0.6) is 5.75 Å². The normalized spacial score (nSPS) is 17.5. The molecule has 7 heteroatoms. The van der Waals surface area contributed by atoms with Gasteiger partial charge in [0, 0.05) is 43.7 Å². The van der Waals surface area contributed by atoms with E-state index in [1.54, 1.807) is 18.1 Å². The molecule has 2 aromatic rings. The first-order valence-electron chi connectivity index (χ1n) is 8.79. The van der Waals surface area contributed by atoms with Crippen molar-refractivity contribution in [1.82, 2.24) is 14.8 Å². The van der Waals surface area contributed by atoms with Gasteiger partial charge in [-0.2, -0.15) is 0 Å². The van der Waals surface area contributed by atoms with Gasteiger partial charge in [0.1, 0.15) is 5.75 Å². The van der Waals surface area contributed by atoms with Crippen LogP contribution in [-0.4, -0.2) is 59.9 Å². The van der Waals surface area contributed by atoms with Crippen LogP contribution in [0.4, 0.5) is 0 Å². The monoisotopic (exact) mass is 373 g/mol. The van der Waals surface area contributed by atoms with E-state index < -0.39 is 0 Å². The molecule has 136 valence electrons. The zero-order valence-corrected chi connectivity index (χ0v) is 15.3. The number of ether oxygens (including phenoxy) is 1. The largest absolute Gasteiger partial charge is 0.497 e. The van der Waals surface area contributed by atoms with E-state index in [9.17, 15) is 9.59 Å². The van der Waals surface area contributed by atoms with Gasteiger partial charge in [0.25, 0.3) is 5.91 Å². The van der Waals surface area contributed by atoms with Crippen LogP contribution in [0.15, 0.2) is 24.4 Å². The van der Waals surface area contributed by atoms with Crippen molar-refractivity contribution in [2.24, 2.45) is 5.92 Å². The Morgan fingerprint density at radius 2 is 1.85 bits per heavy atom. The number of hydrogen-bond acceptors (Lipinski definition) is 4. The molecular weight excluding hydrogens is 354 g/mol. The lowest BCUT2D eigenvalue weighted by atomic mass is 10.1. The molecule has 4 rings (SSSR count). The Kier molecular flexibility index (Phi) is 4.44. The smallest absolute Gasteiger partial charge is 0.257 e. The maximum absolute atomic E-state index is 12.9. The Morgan fingerprint density at radius 1 is 1.15 bits per heavy atom. The predicted molar refractivity (Wildman–Crippen MR) is 98.5 cm³/mol. The summed E-state index contributed by atoms with van der Waals surface area (Å²) in [5.74, 6) is 0.963. The Balaban J connectivity index is 1.53. The summed E-state index contributed by atoms with van der Waals surface area (Å²) in [5, 5.41) is 1.08. The number of rotatable bonds is 3. The van der Waals surface area contributed by atoms with Gasteiger partial charge in [0.05, 0.1) is 23.2 Å². The Morgan fingerprint density at radius 3 is 2.50 bits per heavy atom. The molecule has 0 radical (unpaired) electrons. The maximum atomic E-state index is 12.9. The Bertz CT molecular complexity index is 874. The van der Waals surface area contributed by atoms with Crippen molar-refractivity contribution < 1.29 is 14.3 Å². The number of benzene rings is 1. The number of hydrogen-bond donors (Lipinski definition) is 0. The Labute approximate surface area is 156 Å². The highest BCUT2D eigenvalue weighted by Crippen LogP contribution is 2.32. The molecule has 2 fully saturated rings. The second kappa shape index (κ2) is 6.76. The van der Waals surface area contributed by atoms with Crippen molar-refractivity contribution in [3.8, 4) is 5.75 Å². The molecule has 1 saturated heterocycles. The molecule has 2 amide bonds. The van der Waals surface area contributed by atoms with Crippen LogP contribution in [0.2, 0.25) is 5.02 Å². The minimum absolute atomic E-state index is 0.147. The van der Waals surface area contributed by atoms with Crippen molar-refractivity contribution in [2.45, 2.75) is 12.8 Å². The summed E-state index contributed by atoms with van der Waals surface area (Å²) >= 11 is 6.51. The van der Waals surface area contributed by atoms with Gasteiger partial charge in [-0.3, -0.25) is 14.6 Å². The molecule has 6 nitrogen and oxygen atoms in total. The lowest BCUT2D eigenvalue weighted by Crippen LogP contribution is -2.51. The van der Waals surface area contributed by atoms with E-state index in [0.717, 1.165) is 12.8 Å². The topological polar surface area (TPSA) is 62.7 Å². The van der Waals surface area contributed by atoms with Crippen LogP contribution in [0.3, 0.4) is 0 Å². The van der Waals surface area contributed by atoms with E-state index in [-0.39, 0.29) is 17.7 Å². The molecular formula is C19H20ClN3O3. The van der Waals surface area contributed by atoms with E-state index >= 15 is 0 Å². The summed E-state index contributed by atoms with van der Waals surface area (Å²) in [6, 6.07) is 5.41. The third kappa shape index (κ3) is 3.09. The molecule has 1 aromatic carbocycles. The highest BCUT2D eigenvalue weighted by atomic mass is 35.5. The highest BCUT2D eigenvalue weighted by Gasteiger charge is 2.35. The maximum Gasteiger partial charge on any atom is 0.257 e. The van der Waals surface area contributed by atoms with Crippen LogP contribution in [0, 0.1) is 5.92 Å². The fourth-order valence-corrected chi connectivity index (χ4v) is 3.59. The molecule has 1 aromatic heterocycles. The van der Waals surface area contributed by atoms with Crippen molar-refractivity contribution in [3.05, 3.63) is 35.0 Å². The van der Waals surface area contributed by atoms with Crippen molar-refractivity contribution >= 4 is 34.3 Å². The molecule has 0 atom stereocenters. The van der Waals surface area contributed by atoms with Crippen LogP contribution >= 0.6 is 11.6 Å². The number of piperazine rings is 1. The first kappa shape index (κ1) is 17.1. The average molecular weight is 374 g/mol. The van der Waals surface area contributed by atoms with Crippen molar-refractivity contribution in [2.75, 3.05) is 33.3 Å². The summed E-state index contributed by atoms with van der Waals surface area (Å²) in [6.07, 6.45) is 3.53. The predicted octanol–water partition coefficient (Wildman–Crippen LogP) is 2.59. The van der Waals surface area contributed by atoms with Crippen LogP contribution in [0.1, 0.15) is 23.2 Å². The fraction of sp³-hybridized carbons (Fsp3) is 0.421. The minimum Gasteiger partial charge on any atom is -0.497 e. The number of amides is 2. The summed E-state index contributed by atoms with van der Waals surface area (Å²) in [5.41, 5.74) is 1.10. The second-order valence-electron chi connectivity index (χ2n) is 6.76. The quantitative estimate of drug-likeness (QED) is 0.829. The van der Waals surface area contributed by atoms with Gasteiger partial charge in [-0.15, -0.1) is 0 Å². The second-order valence-corrected chi connectivity index (χ2v) is 7.14. The number of carbonyl (C=O) groups excluding carboxylic acids is 2. The van der Waals surface area contributed by atoms with Crippen LogP contribution in [0.25, 0.3) is 10.9 Å². The van der Waals surface area contributed by atoms with E-state index in [0.29, 0.717) is 53.4 Å². The molecule has 0 spiro atoms. The number of methoxy groups -OCH3 is 1. The number of fused-ring (bicyclic) bond motifs is 1. The standard InChI is InChI=1S/C19H20ClN3O3/c1-26-13-4-5-16-14(10-13)17(20)15(11-21-16)19(25)23-8-6-22(7-9-23)18(24)12-2-3-12/h4-5,10-12H,2-3,6-9H2,1H3. The van der Waals surface area contributed by atoms with Gasteiger partial charge in [-0.05, 0) is 31.0 Å². The zero-order valence-electron chi connectivity index (χ0n) is 14.6. The number of aromatic nitrogens is 1. The van der Waals surface area contributed by atoms with Gasteiger partial charge < -0.3 is 14.5 Å². The lowest BCUT2D eigenvalue weighted by molar-refractivity contribution is -0.134. The van der Waals surface area contributed by atoms with Crippen LogP contribution < -0.4 is 4.74 Å².